The largest absolute Gasteiger partial charge is 0.333 e. The highest BCUT2D eigenvalue weighted by atomic mass is 19.3. The molecular formula is C12H12F3NO. The molecular weight excluding hydrogens is 231 g/mol. The van der Waals surface area contributed by atoms with Crippen molar-refractivity contribution in [1.29, 1.82) is 0 Å². The Morgan fingerprint density at radius 3 is 2.47 bits per heavy atom. The lowest BCUT2D eigenvalue weighted by Crippen LogP contribution is -2.45. The molecule has 1 aromatic rings. The smallest absolute Gasteiger partial charge is 0.265 e. The Balaban J connectivity index is 2.12. The molecule has 0 atom stereocenters. The molecule has 0 N–H and O–H groups in total. The van der Waals surface area contributed by atoms with Gasteiger partial charge in [-0.1, -0.05) is 0 Å². The molecule has 0 spiro atoms. The van der Waals surface area contributed by atoms with Gasteiger partial charge in [0.15, 0.2) is 0 Å². The van der Waals surface area contributed by atoms with Crippen LogP contribution in [0.5, 0.6) is 0 Å². The first-order valence-electron chi connectivity index (χ1n) is 5.41. The van der Waals surface area contributed by atoms with E-state index in [4.69, 9.17) is 0 Å². The second-order valence-corrected chi connectivity index (χ2v) is 4.19. The minimum Gasteiger partial charge on any atom is -0.333 e. The minimum atomic E-state index is -2.81. The number of halogens is 3. The van der Waals surface area contributed by atoms with E-state index in [9.17, 15) is 18.0 Å². The topological polar surface area (TPSA) is 20.3 Å². The van der Waals surface area contributed by atoms with Gasteiger partial charge in [0.25, 0.3) is 11.8 Å². The van der Waals surface area contributed by atoms with Crippen LogP contribution in [0.2, 0.25) is 0 Å². The van der Waals surface area contributed by atoms with Gasteiger partial charge < -0.3 is 4.90 Å². The molecule has 1 amide bonds. The fraction of sp³-hybridized carbons (Fsp3) is 0.417. The summed E-state index contributed by atoms with van der Waals surface area (Å²) in [6, 6.07) is 4.92. The first-order chi connectivity index (χ1) is 7.98. The van der Waals surface area contributed by atoms with E-state index in [1.807, 2.05) is 0 Å². The van der Waals surface area contributed by atoms with Crippen molar-refractivity contribution in [3.05, 3.63) is 35.6 Å². The summed E-state index contributed by atoms with van der Waals surface area (Å²) in [5, 5.41) is 0. The van der Waals surface area contributed by atoms with E-state index in [1.54, 1.807) is 0 Å². The number of carbonyl (C=O) groups excluding carboxylic acids is 1. The molecule has 1 saturated heterocycles. The van der Waals surface area contributed by atoms with Crippen LogP contribution in [0.3, 0.4) is 0 Å². The van der Waals surface area contributed by atoms with Crippen LogP contribution in [0.15, 0.2) is 24.3 Å². The molecule has 0 radical (unpaired) electrons. The van der Waals surface area contributed by atoms with Crippen LogP contribution in [0.1, 0.15) is 23.2 Å². The Morgan fingerprint density at radius 1 is 1.24 bits per heavy atom. The number of rotatable bonds is 1. The standard InChI is InChI=1S/C12H12F3NO/c13-10-4-2-9(3-5-10)11(17)16-7-1-6-12(14,15)8-16/h2-5H,1,6-8H2. The monoisotopic (exact) mass is 243 g/mol. The molecule has 1 fully saturated rings. The molecule has 0 aromatic heterocycles. The average molecular weight is 243 g/mol. The first-order valence-corrected chi connectivity index (χ1v) is 5.41. The van der Waals surface area contributed by atoms with Crippen molar-refractivity contribution >= 4 is 5.91 Å². The highest BCUT2D eigenvalue weighted by Crippen LogP contribution is 2.27. The molecule has 17 heavy (non-hydrogen) atoms. The Hall–Kier alpha value is -1.52. The third kappa shape index (κ3) is 2.78. The van der Waals surface area contributed by atoms with Gasteiger partial charge in [0.1, 0.15) is 5.82 Å². The number of piperidine rings is 1. The molecule has 5 heteroatoms. The SMILES string of the molecule is O=C(c1ccc(F)cc1)N1CCCC(F)(F)C1. The van der Waals surface area contributed by atoms with Crippen molar-refractivity contribution < 1.29 is 18.0 Å². The van der Waals surface area contributed by atoms with Gasteiger partial charge >= 0.3 is 0 Å². The Kier molecular flexibility index (Phi) is 3.09. The summed E-state index contributed by atoms with van der Waals surface area (Å²) < 4.78 is 39.0. The summed E-state index contributed by atoms with van der Waals surface area (Å²) in [5.41, 5.74) is 0.240. The maximum atomic E-state index is 13.1. The summed E-state index contributed by atoms with van der Waals surface area (Å²) >= 11 is 0. The van der Waals surface area contributed by atoms with E-state index in [0.717, 1.165) is 17.0 Å². The highest BCUT2D eigenvalue weighted by Gasteiger charge is 2.37. The van der Waals surface area contributed by atoms with E-state index in [-0.39, 0.29) is 12.0 Å². The van der Waals surface area contributed by atoms with E-state index >= 15 is 0 Å². The zero-order valence-electron chi connectivity index (χ0n) is 9.13. The summed E-state index contributed by atoms with van der Waals surface area (Å²) in [4.78, 5) is 13.0. The molecule has 0 saturated carbocycles. The molecule has 1 aromatic carbocycles. The average Bonchev–Trinajstić information content (AvgIpc) is 2.28. The van der Waals surface area contributed by atoms with E-state index in [0.29, 0.717) is 13.0 Å². The van der Waals surface area contributed by atoms with Gasteiger partial charge in [-0.2, -0.15) is 0 Å². The number of benzene rings is 1. The predicted molar refractivity (Wildman–Crippen MR) is 56.5 cm³/mol. The molecule has 0 bridgehead atoms. The van der Waals surface area contributed by atoms with Gasteiger partial charge in [-0.25, -0.2) is 13.2 Å². The van der Waals surface area contributed by atoms with Crippen molar-refractivity contribution in [3.8, 4) is 0 Å². The van der Waals surface area contributed by atoms with Crippen molar-refractivity contribution in [1.82, 2.24) is 4.90 Å². The fourth-order valence-corrected chi connectivity index (χ4v) is 1.91. The van der Waals surface area contributed by atoms with E-state index in [1.165, 1.54) is 12.1 Å². The molecule has 1 heterocycles. The molecule has 2 nitrogen and oxygen atoms in total. The number of amides is 1. The fourth-order valence-electron chi connectivity index (χ4n) is 1.91. The summed E-state index contributed by atoms with van der Waals surface area (Å²) in [7, 11) is 0. The van der Waals surface area contributed by atoms with Crippen molar-refractivity contribution in [2.45, 2.75) is 18.8 Å². The van der Waals surface area contributed by atoms with Crippen molar-refractivity contribution in [2.75, 3.05) is 13.1 Å². The number of nitrogens with zero attached hydrogens (tertiary/aromatic N) is 1. The van der Waals surface area contributed by atoms with Crippen LogP contribution >= 0.6 is 0 Å². The van der Waals surface area contributed by atoms with Gasteiger partial charge in [-0.15, -0.1) is 0 Å². The molecule has 0 aliphatic carbocycles. The van der Waals surface area contributed by atoms with E-state index in [2.05, 4.69) is 0 Å². The Labute approximate surface area is 97.0 Å². The van der Waals surface area contributed by atoms with Crippen molar-refractivity contribution in [2.24, 2.45) is 0 Å². The van der Waals surface area contributed by atoms with Gasteiger partial charge in [0, 0.05) is 18.5 Å². The molecule has 0 unspecified atom stereocenters. The lowest BCUT2D eigenvalue weighted by Gasteiger charge is -2.32. The summed E-state index contributed by atoms with van der Waals surface area (Å²) in [6.45, 7) is -0.227. The van der Waals surface area contributed by atoms with Gasteiger partial charge in [-0.05, 0) is 30.7 Å². The molecule has 92 valence electrons. The number of carbonyl (C=O) groups is 1. The maximum Gasteiger partial charge on any atom is 0.265 e. The zero-order chi connectivity index (χ0) is 12.5. The zero-order valence-corrected chi connectivity index (χ0v) is 9.13. The molecule has 1 aliphatic heterocycles. The van der Waals surface area contributed by atoms with Gasteiger partial charge in [0.05, 0.1) is 6.54 Å². The first kappa shape index (κ1) is 12.0. The third-order valence-electron chi connectivity index (χ3n) is 2.77. The van der Waals surface area contributed by atoms with Crippen LogP contribution in [0, 0.1) is 5.82 Å². The predicted octanol–water partition coefficient (Wildman–Crippen LogP) is 2.70. The van der Waals surface area contributed by atoms with Crippen LogP contribution < -0.4 is 0 Å². The van der Waals surface area contributed by atoms with Gasteiger partial charge in [0.2, 0.25) is 0 Å². The van der Waals surface area contributed by atoms with Crippen LogP contribution in [0.25, 0.3) is 0 Å². The number of hydrogen-bond acceptors (Lipinski definition) is 1. The molecule has 1 aliphatic rings. The number of alkyl halides is 2. The molecule has 2 rings (SSSR count). The van der Waals surface area contributed by atoms with E-state index < -0.39 is 24.2 Å². The van der Waals surface area contributed by atoms with Gasteiger partial charge in [-0.3, -0.25) is 4.79 Å². The third-order valence-corrected chi connectivity index (χ3v) is 2.77. The van der Waals surface area contributed by atoms with Crippen LogP contribution in [-0.2, 0) is 0 Å². The van der Waals surface area contributed by atoms with Crippen LogP contribution in [-0.4, -0.2) is 29.8 Å². The normalized spacial score (nSPS) is 19.1. The number of likely N-dealkylation sites (tertiary alicyclic amines) is 1. The summed E-state index contributed by atoms with van der Waals surface area (Å²) in [6.07, 6.45) is 0.111. The lowest BCUT2D eigenvalue weighted by atomic mass is 10.1. The Morgan fingerprint density at radius 2 is 1.88 bits per heavy atom. The maximum absolute atomic E-state index is 13.1. The quantitative estimate of drug-likeness (QED) is 0.742. The lowest BCUT2D eigenvalue weighted by molar-refractivity contribution is -0.0560. The Bertz CT molecular complexity index is 416. The van der Waals surface area contributed by atoms with Crippen molar-refractivity contribution in [3.63, 3.8) is 0 Å². The highest BCUT2D eigenvalue weighted by molar-refractivity contribution is 5.94. The second kappa shape index (κ2) is 4.39. The van der Waals surface area contributed by atoms with Crippen LogP contribution in [0.4, 0.5) is 13.2 Å². The summed E-state index contributed by atoms with van der Waals surface area (Å²) in [5.74, 6) is -3.73. The minimum absolute atomic E-state index is 0.180. The second-order valence-electron chi connectivity index (χ2n) is 4.19. The number of hydrogen-bond donors (Lipinski definition) is 0.